The molecule has 0 aliphatic rings. The van der Waals surface area contributed by atoms with Gasteiger partial charge in [0.1, 0.15) is 11.2 Å². The molecule has 0 fully saturated rings. The lowest BCUT2D eigenvalue weighted by Crippen LogP contribution is -2.12. The Morgan fingerprint density at radius 1 is 0.408 bits per heavy atom. The van der Waals surface area contributed by atoms with E-state index >= 15 is 0 Å². The van der Waals surface area contributed by atoms with Gasteiger partial charge in [-0.3, -0.25) is 0 Å². The standard InChI is InChI=1S/C46H30N2O/c1-3-15-31(16-4-1)34-19-9-12-24-40(34)48(43-30-45-46(38-22-8-7-21-36(38)43)39-23-11-14-26-44(39)49-45)33-27-28-37-35-20-10-13-25-41(35)47(42(37)29-33)32-17-5-2-6-18-32/h1-30H. The average Bonchev–Trinajstić information content (AvgIpc) is 3.71. The molecule has 0 amide bonds. The van der Waals surface area contributed by atoms with Crippen LogP contribution in [0.2, 0.25) is 0 Å². The highest BCUT2D eigenvalue weighted by Crippen LogP contribution is 2.48. The molecule has 0 bridgehead atoms. The van der Waals surface area contributed by atoms with Gasteiger partial charge in [0.25, 0.3) is 0 Å². The van der Waals surface area contributed by atoms with E-state index in [2.05, 4.69) is 185 Å². The Bertz CT molecular complexity index is 2830. The molecule has 0 radical (unpaired) electrons. The summed E-state index contributed by atoms with van der Waals surface area (Å²) >= 11 is 0. The molecule has 0 aliphatic heterocycles. The minimum Gasteiger partial charge on any atom is -0.456 e. The lowest BCUT2D eigenvalue weighted by atomic mass is 9.98. The van der Waals surface area contributed by atoms with E-state index in [4.69, 9.17) is 4.42 Å². The first-order valence-corrected chi connectivity index (χ1v) is 16.7. The zero-order valence-electron chi connectivity index (χ0n) is 26.6. The number of hydrogen-bond acceptors (Lipinski definition) is 2. The Hall–Kier alpha value is -6.58. The first kappa shape index (κ1) is 27.5. The van der Waals surface area contributed by atoms with Gasteiger partial charge < -0.3 is 13.9 Å². The molecular formula is C46H30N2O. The lowest BCUT2D eigenvalue weighted by molar-refractivity contribution is 0.669. The second kappa shape index (κ2) is 11.0. The summed E-state index contributed by atoms with van der Waals surface area (Å²) in [6.45, 7) is 0. The Morgan fingerprint density at radius 3 is 1.88 bits per heavy atom. The van der Waals surface area contributed by atoms with Crippen LogP contribution in [0.15, 0.2) is 186 Å². The molecule has 0 N–H and O–H groups in total. The number of rotatable bonds is 5. The van der Waals surface area contributed by atoms with E-state index in [-0.39, 0.29) is 0 Å². The Morgan fingerprint density at radius 2 is 1.04 bits per heavy atom. The minimum atomic E-state index is 0.872. The molecule has 230 valence electrons. The summed E-state index contributed by atoms with van der Waals surface area (Å²) in [6.07, 6.45) is 0. The van der Waals surface area contributed by atoms with Crippen LogP contribution in [0.4, 0.5) is 17.1 Å². The normalized spacial score (nSPS) is 11.7. The molecule has 10 rings (SSSR count). The van der Waals surface area contributed by atoms with Crippen LogP contribution in [0.5, 0.6) is 0 Å². The monoisotopic (exact) mass is 626 g/mol. The van der Waals surface area contributed by atoms with Crippen molar-refractivity contribution >= 4 is 71.6 Å². The molecule has 2 aromatic heterocycles. The first-order valence-electron chi connectivity index (χ1n) is 16.7. The van der Waals surface area contributed by atoms with Crippen molar-refractivity contribution in [2.75, 3.05) is 4.90 Å². The summed E-state index contributed by atoms with van der Waals surface area (Å²) in [7, 11) is 0. The van der Waals surface area contributed by atoms with Gasteiger partial charge >= 0.3 is 0 Å². The number of aromatic nitrogens is 1. The third-order valence-corrected chi connectivity index (χ3v) is 9.76. The molecule has 49 heavy (non-hydrogen) atoms. The average molecular weight is 627 g/mol. The predicted octanol–water partition coefficient (Wildman–Crippen LogP) is 13.0. The zero-order valence-corrected chi connectivity index (χ0v) is 26.6. The second-order valence-corrected chi connectivity index (χ2v) is 12.5. The third-order valence-electron chi connectivity index (χ3n) is 9.76. The number of fused-ring (bicyclic) bond motifs is 8. The summed E-state index contributed by atoms with van der Waals surface area (Å²) in [4.78, 5) is 2.42. The topological polar surface area (TPSA) is 21.3 Å². The predicted molar refractivity (Wildman–Crippen MR) is 206 cm³/mol. The highest BCUT2D eigenvalue weighted by molar-refractivity contribution is 6.23. The molecule has 8 aromatic carbocycles. The van der Waals surface area contributed by atoms with E-state index < -0.39 is 0 Å². The summed E-state index contributed by atoms with van der Waals surface area (Å²) in [6, 6.07) is 64.9. The quantitative estimate of drug-likeness (QED) is 0.190. The fourth-order valence-corrected chi connectivity index (χ4v) is 7.65. The number of para-hydroxylation sites is 4. The molecule has 0 saturated carbocycles. The van der Waals surface area contributed by atoms with E-state index in [1.807, 2.05) is 6.07 Å². The van der Waals surface area contributed by atoms with Crippen molar-refractivity contribution in [1.82, 2.24) is 4.57 Å². The highest BCUT2D eigenvalue weighted by Gasteiger charge is 2.23. The molecule has 0 atom stereocenters. The van der Waals surface area contributed by atoms with Gasteiger partial charge in [0.2, 0.25) is 0 Å². The van der Waals surface area contributed by atoms with E-state index in [0.29, 0.717) is 0 Å². The van der Waals surface area contributed by atoms with Gasteiger partial charge in [-0.05, 0) is 53.4 Å². The summed E-state index contributed by atoms with van der Waals surface area (Å²) in [5, 5.41) is 7.06. The molecule has 3 nitrogen and oxygen atoms in total. The van der Waals surface area contributed by atoms with Gasteiger partial charge in [0, 0.05) is 49.9 Å². The number of hydrogen-bond donors (Lipinski definition) is 0. The maximum atomic E-state index is 6.59. The van der Waals surface area contributed by atoms with Crippen LogP contribution in [0.3, 0.4) is 0 Å². The number of anilines is 3. The summed E-state index contributed by atoms with van der Waals surface area (Å²) in [5.74, 6) is 0. The summed E-state index contributed by atoms with van der Waals surface area (Å²) < 4.78 is 8.98. The van der Waals surface area contributed by atoms with Crippen LogP contribution in [-0.2, 0) is 0 Å². The molecule has 2 heterocycles. The first-order chi connectivity index (χ1) is 24.3. The fraction of sp³-hybridized carbons (Fsp3) is 0. The van der Waals surface area contributed by atoms with Gasteiger partial charge in [-0.15, -0.1) is 0 Å². The minimum absolute atomic E-state index is 0.872. The molecular weight excluding hydrogens is 597 g/mol. The van der Waals surface area contributed by atoms with Crippen molar-refractivity contribution in [3.63, 3.8) is 0 Å². The van der Waals surface area contributed by atoms with Crippen molar-refractivity contribution in [3.05, 3.63) is 182 Å². The van der Waals surface area contributed by atoms with E-state index in [9.17, 15) is 0 Å². The third kappa shape index (κ3) is 4.29. The number of benzene rings is 8. The van der Waals surface area contributed by atoms with Crippen LogP contribution in [0, 0.1) is 0 Å². The fourth-order valence-electron chi connectivity index (χ4n) is 7.65. The SMILES string of the molecule is c1ccc(-c2ccccc2N(c2ccc3c4ccccc4n(-c4ccccc4)c3c2)c2cc3oc4ccccc4c3c3ccccc23)cc1. The van der Waals surface area contributed by atoms with Gasteiger partial charge in [-0.25, -0.2) is 0 Å². The van der Waals surface area contributed by atoms with E-state index in [0.717, 1.165) is 66.7 Å². The van der Waals surface area contributed by atoms with Crippen molar-refractivity contribution in [2.45, 2.75) is 0 Å². The maximum absolute atomic E-state index is 6.59. The van der Waals surface area contributed by atoms with Crippen LogP contribution in [0.25, 0.3) is 71.3 Å². The van der Waals surface area contributed by atoms with Crippen molar-refractivity contribution in [3.8, 4) is 16.8 Å². The highest BCUT2D eigenvalue weighted by atomic mass is 16.3. The summed E-state index contributed by atoms with van der Waals surface area (Å²) in [5.41, 5.74) is 10.8. The Balaban J connectivity index is 1.33. The van der Waals surface area contributed by atoms with Crippen molar-refractivity contribution in [1.29, 1.82) is 0 Å². The van der Waals surface area contributed by atoms with Crippen LogP contribution >= 0.6 is 0 Å². The number of nitrogens with zero attached hydrogens (tertiary/aromatic N) is 2. The van der Waals surface area contributed by atoms with Gasteiger partial charge in [-0.2, -0.15) is 0 Å². The van der Waals surface area contributed by atoms with Gasteiger partial charge in [-0.1, -0.05) is 133 Å². The Kier molecular flexibility index (Phi) is 6.18. The lowest BCUT2D eigenvalue weighted by Gasteiger charge is -2.29. The van der Waals surface area contributed by atoms with E-state index in [1.54, 1.807) is 0 Å². The Labute approximate surface area is 283 Å². The molecule has 0 saturated heterocycles. The molecule has 10 aromatic rings. The molecule has 0 spiro atoms. The maximum Gasteiger partial charge on any atom is 0.138 e. The molecule has 3 heteroatoms. The smallest absolute Gasteiger partial charge is 0.138 e. The largest absolute Gasteiger partial charge is 0.456 e. The van der Waals surface area contributed by atoms with Crippen LogP contribution in [0.1, 0.15) is 0 Å². The zero-order chi connectivity index (χ0) is 32.3. The van der Waals surface area contributed by atoms with Crippen molar-refractivity contribution < 1.29 is 4.42 Å². The molecule has 0 aliphatic carbocycles. The molecule has 0 unspecified atom stereocenters. The van der Waals surface area contributed by atoms with Crippen LogP contribution in [-0.4, -0.2) is 4.57 Å². The second-order valence-electron chi connectivity index (χ2n) is 12.5. The van der Waals surface area contributed by atoms with Crippen LogP contribution < -0.4 is 4.90 Å². The van der Waals surface area contributed by atoms with Gasteiger partial charge in [0.05, 0.1) is 22.4 Å². The van der Waals surface area contributed by atoms with Crippen molar-refractivity contribution in [2.24, 2.45) is 0 Å². The van der Waals surface area contributed by atoms with Gasteiger partial charge in [0.15, 0.2) is 0 Å². The van der Waals surface area contributed by atoms with E-state index in [1.165, 1.54) is 21.7 Å². The number of furan rings is 1.